The normalized spacial score (nSPS) is 11.2. The van der Waals surface area contributed by atoms with Gasteiger partial charge in [-0.15, -0.1) is 0 Å². The maximum atomic E-state index is 13.8. The first-order valence-electron chi connectivity index (χ1n) is 4.95. The van der Waals surface area contributed by atoms with Crippen molar-refractivity contribution < 1.29 is 26.9 Å². The van der Waals surface area contributed by atoms with E-state index >= 15 is 0 Å². The number of nitro groups is 1. The summed E-state index contributed by atoms with van der Waals surface area (Å²) in [5.74, 6) is -2.73. The van der Waals surface area contributed by atoms with Gasteiger partial charge in [0.2, 0.25) is 0 Å². The Kier molecular flexibility index (Phi) is 4.95. The molecule has 0 radical (unpaired) electrons. The van der Waals surface area contributed by atoms with Crippen molar-refractivity contribution >= 4 is 31.3 Å². The highest BCUT2D eigenvalue weighted by Crippen LogP contribution is 2.27. The summed E-state index contributed by atoms with van der Waals surface area (Å²) in [7, 11) is 0.312. The Morgan fingerprint density at radius 1 is 1.45 bits per heavy atom. The van der Waals surface area contributed by atoms with Crippen LogP contribution in [-0.2, 0) is 9.05 Å². The summed E-state index contributed by atoms with van der Waals surface area (Å²) in [4.78, 5) is 19.9. The molecule has 7 nitrogen and oxygen atoms in total. The molecular weight excluding hydrogens is 322 g/mol. The van der Waals surface area contributed by atoms with Gasteiger partial charge in [0.15, 0.2) is 5.82 Å². The summed E-state index contributed by atoms with van der Waals surface area (Å²) < 4.78 is 48.0. The summed E-state index contributed by atoms with van der Waals surface area (Å²) in [5, 5.41) is 12.6. The first-order chi connectivity index (χ1) is 9.18. The molecule has 1 rings (SSSR count). The van der Waals surface area contributed by atoms with Crippen molar-refractivity contribution in [3.63, 3.8) is 0 Å². The zero-order valence-electron chi connectivity index (χ0n) is 9.60. The monoisotopic (exact) mass is 328 g/mol. The number of nitrogens with zero attached hydrogens (tertiary/aromatic N) is 1. The van der Waals surface area contributed by atoms with Crippen LogP contribution in [0.1, 0.15) is 10.4 Å². The average Bonchev–Trinajstić information content (AvgIpc) is 2.34. The second-order valence-electron chi connectivity index (χ2n) is 3.45. The quantitative estimate of drug-likeness (QED) is 0.499. The van der Waals surface area contributed by atoms with Gasteiger partial charge in [0.05, 0.1) is 10.5 Å². The Labute approximate surface area is 116 Å². The van der Waals surface area contributed by atoms with E-state index in [0.717, 1.165) is 0 Å². The first kappa shape index (κ1) is 16.2. The third-order valence-electron chi connectivity index (χ3n) is 2.12. The number of hydrogen-bond acceptors (Lipinski definition) is 5. The van der Waals surface area contributed by atoms with E-state index < -0.39 is 55.1 Å². The molecule has 20 heavy (non-hydrogen) atoms. The van der Waals surface area contributed by atoms with E-state index in [9.17, 15) is 32.1 Å². The highest BCUT2D eigenvalue weighted by Gasteiger charge is 2.27. The molecule has 0 aliphatic rings. The van der Waals surface area contributed by atoms with E-state index in [2.05, 4.69) is 0 Å². The number of benzene rings is 1. The number of nitro benzene ring substituents is 1. The van der Waals surface area contributed by atoms with E-state index in [4.69, 9.17) is 10.7 Å². The van der Waals surface area contributed by atoms with Crippen LogP contribution >= 0.6 is 10.7 Å². The summed E-state index contributed by atoms with van der Waals surface area (Å²) in [5.41, 5.74) is -1.75. The van der Waals surface area contributed by atoms with Crippen LogP contribution in [0.4, 0.5) is 14.5 Å². The SMILES string of the molecule is O=C(NCCF)c1cc([N+](=O)[O-])cc(S(=O)(=O)Cl)c1F. The molecule has 0 unspecified atom stereocenters. The topological polar surface area (TPSA) is 106 Å². The van der Waals surface area contributed by atoms with Crippen LogP contribution in [0.5, 0.6) is 0 Å². The summed E-state index contributed by atoms with van der Waals surface area (Å²) in [6.07, 6.45) is 0. The van der Waals surface area contributed by atoms with Crippen molar-refractivity contribution in [2.75, 3.05) is 13.2 Å². The number of amides is 1. The van der Waals surface area contributed by atoms with E-state index in [1.165, 1.54) is 0 Å². The highest BCUT2D eigenvalue weighted by atomic mass is 35.7. The molecule has 0 fully saturated rings. The molecule has 0 atom stereocenters. The molecular formula is C9H7ClF2N2O5S. The molecule has 1 aromatic rings. The van der Waals surface area contributed by atoms with Crippen molar-refractivity contribution in [1.29, 1.82) is 0 Å². The first-order valence-corrected chi connectivity index (χ1v) is 7.26. The van der Waals surface area contributed by atoms with Gasteiger partial charge in [-0.25, -0.2) is 17.2 Å². The number of hydrogen-bond donors (Lipinski definition) is 1. The number of carbonyl (C=O) groups excluding carboxylic acids is 1. The fourth-order valence-corrected chi connectivity index (χ4v) is 2.21. The predicted octanol–water partition coefficient (Wildman–Crippen LogP) is 1.36. The molecule has 0 heterocycles. The van der Waals surface area contributed by atoms with Gasteiger partial charge in [0.1, 0.15) is 11.6 Å². The molecule has 0 saturated carbocycles. The summed E-state index contributed by atoms with van der Waals surface area (Å²) in [6.45, 7) is -1.40. The zero-order valence-corrected chi connectivity index (χ0v) is 11.2. The largest absolute Gasteiger partial charge is 0.349 e. The van der Waals surface area contributed by atoms with Gasteiger partial charge in [-0.3, -0.25) is 14.9 Å². The lowest BCUT2D eigenvalue weighted by Gasteiger charge is -2.07. The molecule has 0 aromatic heterocycles. The fraction of sp³-hybridized carbons (Fsp3) is 0.222. The van der Waals surface area contributed by atoms with Crippen molar-refractivity contribution in [2.45, 2.75) is 4.90 Å². The fourth-order valence-electron chi connectivity index (χ4n) is 1.29. The molecule has 1 amide bonds. The maximum Gasteiger partial charge on any atom is 0.271 e. The van der Waals surface area contributed by atoms with Crippen LogP contribution in [-0.4, -0.2) is 32.5 Å². The van der Waals surface area contributed by atoms with E-state index in [1.54, 1.807) is 0 Å². The smallest absolute Gasteiger partial charge is 0.271 e. The lowest BCUT2D eigenvalue weighted by molar-refractivity contribution is -0.385. The third kappa shape index (κ3) is 3.61. The van der Waals surface area contributed by atoms with Crippen LogP contribution in [0.3, 0.4) is 0 Å². The molecule has 1 N–H and O–H groups in total. The van der Waals surface area contributed by atoms with Crippen LogP contribution in [0.2, 0.25) is 0 Å². The van der Waals surface area contributed by atoms with Gasteiger partial charge < -0.3 is 5.32 Å². The van der Waals surface area contributed by atoms with Crippen LogP contribution in [0, 0.1) is 15.9 Å². The molecule has 0 saturated heterocycles. The van der Waals surface area contributed by atoms with Gasteiger partial charge in [-0.1, -0.05) is 0 Å². The number of nitrogens with one attached hydrogen (secondary N) is 1. The Morgan fingerprint density at radius 2 is 2.05 bits per heavy atom. The summed E-state index contributed by atoms with van der Waals surface area (Å²) in [6, 6.07) is 0.929. The second-order valence-corrected chi connectivity index (χ2v) is 5.98. The number of halogens is 3. The van der Waals surface area contributed by atoms with Gasteiger partial charge in [0, 0.05) is 29.4 Å². The van der Waals surface area contributed by atoms with Crippen molar-refractivity contribution in [1.82, 2.24) is 5.32 Å². The van der Waals surface area contributed by atoms with Crippen molar-refractivity contribution in [3.8, 4) is 0 Å². The highest BCUT2D eigenvalue weighted by molar-refractivity contribution is 8.13. The molecule has 0 bridgehead atoms. The average molecular weight is 329 g/mol. The number of rotatable bonds is 5. The predicted molar refractivity (Wildman–Crippen MR) is 64.4 cm³/mol. The maximum absolute atomic E-state index is 13.8. The van der Waals surface area contributed by atoms with E-state index in [0.29, 0.717) is 12.1 Å². The number of carbonyl (C=O) groups is 1. The minimum Gasteiger partial charge on any atom is -0.349 e. The van der Waals surface area contributed by atoms with Crippen LogP contribution in [0.15, 0.2) is 17.0 Å². The molecule has 0 aliphatic heterocycles. The van der Waals surface area contributed by atoms with Gasteiger partial charge in [0.25, 0.3) is 20.6 Å². The second kappa shape index (κ2) is 6.09. The van der Waals surface area contributed by atoms with E-state index in [-0.39, 0.29) is 0 Å². The Morgan fingerprint density at radius 3 is 2.50 bits per heavy atom. The van der Waals surface area contributed by atoms with E-state index in [1.807, 2.05) is 5.32 Å². The van der Waals surface area contributed by atoms with Crippen LogP contribution < -0.4 is 5.32 Å². The van der Waals surface area contributed by atoms with Crippen LogP contribution in [0.25, 0.3) is 0 Å². The molecule has 0 spiro atoms. The molecule has 110 valence electrons. The molecule has 11 heteroatoms. The lowest BCUT2D eigenvalue weighted by atomic mass is 10.1. The Bertz CT molecular complexity index is 665. The lowest BCUT2D eigenvalue weighted by Crippen LogP contribution is -2.27. The van der Waals surface area contributed by atoms with Crippen molar-refractivity contribution in [3.05, 3.63) is 33.6 Å². The number of non-ortho nitro benzene ring substituents is 1. The van der Waals surface area contributed by atoms with Crippen molar-refractivity contribution in [2.24, 2.45) is 0 Å². The third-order valence-corrected chi connectivity index (χ3v) is 3.44. The molecule has 0 aliphatic carbocycles. The van der Waals surface area contributed by atoms with Gasteiger partial charge in [-0.2, -0.15) is 0 Å². The number of alkyl halides is 1. The minimum atomic E-state index is -4.63. The van der Waals surface area contributed by atoms with Gasteiger partial charge >= 0.3 is 0 Å². The summed E-state index contributed by atoms with van der Waals surface area (Å²) >= 11 is 0. The standard InChI is InChI=1S/C9H7ClF2N2O5S/c10-20(18,19)7-4-5(14(16)17)3-6(8(7)12)9(15)13-2-1-11/h3-4H,1-2H2,(H,13,15). The molecule has 1 aromatic carbocycles. The Balaban J connectivity index is 3.47. The Hall–Kier alpha value is -1.81. The zero-order chi connectivity index (χ0) is 15.5. The van der Waals surface area contributed by atoms with Gasteiger partial charge in [-0.05, 0) is 0 Å². The minimum absolute atomic E-state index is 0.392.